The Morgan fingerprint density at radius 1 is 1.14 bits per heavy atom. The molecule has 4 rings (SSSR count). The molecule has 0 bridgehead atoms. The molecule has 2 aliphatic rings. The molecule has 0 saturated carbocycles. The smallest absolute Gasteiger partial charge is 0.270 e. The first-order valence-electron chi connectivity index (χ1n) is 12.0. The zero-order valence-electron chi connectivity index (χ0n) is 20.6. The van der Waals surface area contributed by atoms with Crippen molar-refractivity contribution < 1.29 is 9.18 Å². The fourth-order valence-corrected chi connectivity index (χ4v) is 6.05. The average Bonchev–Trinajstić information content (AvgIpc) is 3.15. The van der Waals surface area contributed by atoms with Gasteiger partial charge in [-0.1, -0.05) is 43.0 Å². The number of carbonyl (C=O) groups is 1. The summed E-state index contributed by atoms with van der Waals surface area (Å²) < 4.78 is 16.5. The van der Waals surface area contributed by atoms with Crippen molar-refractivity contribution in [1.82, 2.24) is 9.47 Å². The lowest BCUT2D eigenvalue weighted by Crippen LogP contribution is -2.49. The molecule has 3 heterocycles. The van der Waals surface area contributed by atoms with Gasteiger partial charge in [-0.15, -0.1) is 0 Å². The Kier molecular flexibility index (Phi) is 7.81. The second kappa shape index (κ2) is 10.8. The Labute approximate surface area is 219 Å². The van der Waals surface area contributed by atoms with Gasteiger partial charge < -0.3 is 9.80 Å². The van der Waals surface area contributed by atoms with Crippen molar-refractivity contribution in [3.63, 3.8) is 0 Å². The molecule has 7 nitrogen and oxygen atoms in total. The highest BCUT2D eigenvalue weighted by Gasteiger charge is 2.33. The zero-order chi connectivity index (χ0) is 26.0. The number of thioether (sulfide) groups is 1. The van der Waals surface area contributed by atoms with E-state index in [0.717, 1.165) is 0 Å². The van der Waals surface area contributed by atoms with E-state index in [1.54, 1.807) is 34.6 Å². The number of nitriles is 1. The first kappa shape index (κ1) is 25.9. The number of nitrogens with zero attached hydrogens (tertiary/aromatic N) is 5. The van der Waals surface area contributed by atoms with Gasteiger partial charge in [0.25, 0.3) is 11.5 Å². The summed E-state index contributed by atoms with van der Waals surface area (Å²) in [6.07, 6.45) is 2.47. The predicted octanol–water partition coefficient (Wildman–Crippen LogP) is 4.13. The lowest BCUT2D eigenvalue weighted by Gasteiger charge is -2.39. The van der Waals surface area contributed by atoms with Crippen LogP contribution in [-0.4, -0.2) is 52.4 Å². The summed E-state index contributed by atoms with van der Waals surface area (Å²) in [5.74, 6) is 0.254. The SMILES string of the molecule is CCCn1c(N2CCN(c3ccccc3F)CC2)c(/C=C2\SC(=S)N(CC)C2=O)c(C)c(C#N)c1=O. The number of para-hydroxylation sites is 1. The fourth-order valence-electron chi connectivity index (χ4n) is 4.69. The lowest BCUT2D eigenvalue weighted by atomic mass is 10.0. The van der Waals surface area contributed by atoms with Crippen LogP contribution in [0.4, 0.5) is 15.9 Å². The number of piperazine rings is 1. The van der Waals surface area contributed by atoms with Gasteiger partial charge in [0.1, 0.15) is 27.6 Å². The van der Waals surface area contributed by atoms with Gasteiger partial charge in [-0.25, -0.2) is 4.39 Å². The van der Waals surface area contributed by atoms with E-state index in [1.807, 2.05) is 24.8 Å². The summed E-state index contributed by atoms with van der Waals surface area (Å²) in [4.78, 5) is 32.4. The Morgan fingerprint density at radius 3 is 2.39 bits per heavy atom. The molecule has 36 heavy (non-hydrogen) atoms. The van der Waals surface area contributed by atoms with E-state index in [0.29, 0.717) is 77.5 Å². The Bertz CT molecular complexity index is 1340. The number of anilines is 2. The van der Waals surface area contributed by atoms with Crippen molar-refractivity contribution in [3.8, 4) is 6.07 Å². The number of carbonyl (C=O) groups excluding carboxylic acids is 1. The Morgan fingerprint density at radius 2 is 1.81 bits per heavy atom. The summed E-state index contributed by atoms with van der Waals surface area (Å²) >= 11 is 6.61. The summed E-state index contributed by atoms with van der Waals surface area (Å²) in [5.41, 5.74) is 1.53. The van der Waals surface area contributed by atoms with E-state index in [9.17, 15) is 19.2 Å². The number of aromatic nitrogens is 1. The molecule has 1 amide bonds. The van der Waals surface area contributed by atoms with Gasteiger partial charge in [0.05, 0.1) is 10.6 Å². The number of thiocarbonyl (C=S) groups is 1. The van der Waals surface area contributed by atoms with Crippen molar-refractivity contribution in [2.45, 2.75) is 33.7 Å². The third kappa shape index (κ3) is 4.65. The van der Waals surface area contributed by atoms with Crippen molar-refractivity contribution in [3.05, 3.63) is 62.0 Å². The van der Waals surface area contributed by atoms with Crippen LogP contribution in [0.25, 0.3) is 6.08 Å². The van der Waals surface area contributed by atoms with Crippen LogP contribution in [0.5, 0.6) is 0 Å². The summed E-state index contributed by atoms with van der Waals surface area (Å²) in [6, 6.07) is 8.79. The van der Waals surface area contributed by atoms with Gasteiger partial charge in [-0.05, 0) is 44.0 Å². The van der Waals surface area contributed by atoms with Crippen LogP contribution in [0, 0.1) is 24.1 Å². The minimum Gasteiger partial charge on any atom is -0.366 e. The van der Waals surface area contributed by atoms with E-state index in [1.165, 1.54) is 17.8 Å². The molecular weight excluding hydrogens is 497 g/mol. The predicted molar refractivity (Wildman–Crippen MR) is 147 cm³/mol. The van der Waals surface area contributed by atoms with Crippen LogP contribution >= 0.6 is 24.0 Å². The van der Waals surface area contributed by atoms with E-state index < -0.39 is 0 Å². The molecule has 0 aliphatic carbocycles. The van der Waals surface area contributed by atoms with Gasteiger partial charge in [0.15, 0.2) is 0 Å². The van der Waals surface area contributed by atoms with E-state index in [-0.39, 0.29) is 22.8 Å². The molecule has 0 spiro atoms. The summed E-state index contributed by atoms with van der Waals surface area (Å²) in [5, 5.41) is 9.80. The molecule has 2 aromatic rings. The molecule has 0 unspecified atom stereocenters. The fraction of sp³-hybridized carbons (Fsp3) is 0.385. The van der Waals surface area contributed by atoms with Crippen LogP contribution in [0.3, 0.4) is 0 Å². The maximum atomic E-state index is 14.4. The third-order valence-electron chi connectivity index (χ3n) is 6.53. The number of rotatable bonds is 6. The topological polar surface area (TPSA) is 72.6 Å². The average molecular weight is 526 g/mol. The number of pyridine rings is 1. The molecule has 1 aromatic carbocycles. The largest absolute Gasteiger partial charge is 0.366 e. The number of amides is 1. The van der Waals surface area contributed by atoms with Gasteiger partial charge >= 0.3 is 0 Å². The van der Waals surface area contributed by atoms with Crippen LogP contribution in [0.1, 0.15) is 37.0 Å². The number of benzene rings is 1. The molecule has 188 valence electrons. The first-order valence-corrected chi connectivity index (χ1v) is 13.2. The highest BCUT2D eigenvalue weighted by molar-refractivity contribution is 8.26. The number of likely N-dealkylation sites (N-methyl/N-ethyl adjacent to an activating group) is 1. The number of hydrogen-bond donors (Lipinski definition) is 0. The first-order chi connectivity index (χ1) is 17.3. The van der Waals surface area contributed by atoms with Crippen LogP contribution < -0.4 is 15.4 Å². The van der Waals surface area contributed by atoms with Gasteiger partial charge in [0.2, 0.25) is 0 Å². The van der Waals surface area contributed by atoms with Crippen molar-refractivity contribution in [2.24, 2.45) is 0 Å². The highest BCUT2D eigenvalue weighted by atomic mass is 32.2. The molecular formula is C26H28FN5O2S2. The Balaban J connectivity index is 1.80. The van der Waals surface area contributed by atoms with Gasteiger partial charge in [0, 0.05) is 44.8 Å². The second-order valence-corrected chi connectivity index (χ2v) is 10.3. The molecule has 0 N–H and O–H groups in total. The second-order valence-electron chi connectivity index (χ2n) is 8.66. The maximum absolute atomic E-state index is 14.4. The van der Waals surface area contributed by atoms with Gasteiger partial charge in [-0.2, -0.15) is 5.26 Å². The molecule has 10 heteroatoms. The highest BCUT2D eigenvalue weighted by Crippen LogP contribution is 2.36. The van der Waals surface area contributed by atoms with Crippen molar-refractivity contribution in [2.75, 3.05) is 42.5 Å². The number of hydrogen-bond acceptors (Lipinski definition) is 7. The molecule has 2 saturated heterocycles. The standard InChI is InChI=1S/C26H28FN5O2S2/c1-4-10-32-23(30-13-11-29(12-14-30)21-9-7-6-8-20(21)27)18(17(3)19(16-28)24(32)33)15-22-25(34)31(5-2)26(35)36-22/h6-9,15H,4-5,10-14H2,1-3H3/b22-15-. The summed E-state index contributed by atoms with van der Waals surface area (Å²) in [6.45, 7) is 8.76. The minimum absolute atomic E-state index is 0.0782. The van der Waals surface area contributed by atoms with E-state index in [2.05, 4.69) is 11.0 Å². The third-order valence-corrected chi connectivity index (χ3v) is 7.91. The molecule has 1 aromatic heterocycles. The van der Waals surface area contributed by atoms with Crippen LogP contribution in [0.2, 0.25) is 0 Å². The lowest BCUT2D eigenvalue weighted by molar-refractivity contribution is -0.121. The summed E-state index contributed by atoms with van der Waals surface area (Å²) in [7, 11) is 0. The normalized spacial score (nSPS) is 17.3. The molecule has 0 radical (unpaired) electrons. The number of halogens is 1. The molecule has 0 atom stereocenters. The Hall–Kier alpha value is -3.16. The maximum Gasteiger partial charge on any atom is 0.270 e. The van der Waals surface area contributed by atoms with Crippen LogP contribution in [-0.2, 0) is 11.3 Å². The van der Waals surface area contributed by atoms with Crippen molar-refractivity contribution in [1.29, 1.82) is 5.26 Å². The van der Waals surface area contributed by atoms with E-state index >= 15 is 0 Å². The monoisotopic (exact) mass is 525 g/mol. The van der Waals surface area contributed by atoms with E-state index in [4.69, 9.17) is 12.2 Å². The molecule has 2 aliphatic heterocycles. The van der Waals surface area contributed by atoms with Crippen LogP contribution in [0.15, 0.2) is 34.0 Å². The zero-order valence-corrected chi connectivity index (χ0v) is 22.2. The van der Waals surface area contributed by atoms with Gasteiger partial charge in [-0.3, -0.25) is 19.1 Å². The van der Waals surface area contributed by atoms with Crippen molar-refractivity contribution >= 4 is 51.8 Å². The minimum atomic E-state index is -0.332. The molecule has 2 fully saturated rings. The quantitative estimate of drug-likeness (QED) is 0.415.